The van der Waals surface area contributed by atoms with Gasteiger partial charge in [-0.3, -0.25) is 4.99 Å². The van der Waals surface area contributed by atoms with Gasteiger partial charge in [-0.15, -0.1) is 24.0 Å². The number of aliphatic imine (C=N–C) groups is 1. The number of nitrogens with zero attached hydrogens (tertiary/aromatic N) is 1. The van der Waals surface area contributed by atoms with Gasteiger partial charge in [0.25, 0.3) is 0 Å². The zero-order valence-corrected chi connectivity index (χ0v) is 19.9. The lowest BCUT2D eigenvalue weighted by molar-refractivity contribution is 0.0513. The van der Waals surface area contributed by atoms with Crippen LogP contribution in [0.1, 0.15) is 25.3 Å². The lowest BCUT2D eigenvalue weighted by Crippen LogP contribution is -2.49. The fraction of sp³-hybridized carbons (Fsp3) is 0.435. The zero-order valence-electron chi connectivity index (χ0n) is 17.6. The molecule has 164 valence electrons. The van der Waals surface area contributed by atoms with E-state index in [0.29, 0.717) is 12.5 Å². The van der Waals surface area contributed by atoms with Gasteiger partial charge in [0, 0.05) is 32.2 Å². The molecule has 0 bridgehead atoms. The Morgan fingerprint density at radius 2 is 1.77 bits per heavy atom. The summed E-state index contributed by atoms with van der Waals surface area (Å²) in [5.41, 5.74) is 1.34. The highest BCUT2D eigenvalue weighted by Gasteiger charge is 2.34. The van der Waals surface area contributed by atoms with Crippen LogP contribution in [0.4, 0.5) is 4.39 Å². The molecule has 0 amide bonds. The Morgan fingerprint density at radius 1 is 1.10 bits per heavy atom. The van der Waals surface area contributed by atoms with E-state index in [2.05, 4.69) is 39.9 Å². The predicted molar refractivity (Wildman–Crippen MR) is 129 cm³/mol. The van der Waals surface area contributed by atoms with Crippen LogP contribution >= 0.6 is 24.0 Å². The molecule has 1 saturated heterocycles. The van der Waals surface area contributed by atoms with Crippen molar-refractivity contribution in [1.82, 2.24) is 10.6 Å². The van der Waals surface area contributed by atoms with Gasteiger partial charge in [0.15, 0.2) is 17.5 Å². The summed E-state index contributed by atoms with van der Waals surface area (Å²) in [4.78, 5) is 4.33. The number of rotatable bonds is 7. The van der Waals surface area contributed by atoms with E-state index in [1.165, 1.54) is 11.6 Å². The van der Waals surface area contributed by atoms with Crippen LogP contribution in [-0.2, 0) is 10.2 Å². The smallest absolute Gasteiger partial charge is 0.191 e. The summed E-state index contributed by atoms with van der Waals surface area (Å²) in [6, 6.07) is 17.0. The topological polar surface area (TPSA) is 54.9 Å². The third-order valence-corrected chi connectivity index (χ3v) is 5.38. The molecule has 0 aliphatic carbocycles. The van der Waals surface area contributed by atoms with Gasteiger partial charge in [-0.05, 0) is 37.5 Å². The molecule has 0 spiro atoms. The van der Waals surface area contributed by atoms with E-state index >= 15 is 0 Å². The molecule has 1 fully saturated rings. The molecule has 0 aromatic heterocycles. The number of hydrogen-bond acceptors (Lipinski definition) is 3. The molecule has 3 rings (SSSR count). The highest BCUT2D eigenvalue weighted by Crippen LogP contribution is 2.34. The Kier molecular flexibility index (Phi) is 9.84. The van der Waals surface area contributed by atoms with E-state index in [9.17, 15) is 4.39 Å². The van der Waals surface area contributed by atoms with E-state index in [1.807, 2.05) is 13.0 Å². The van der Waals surface area contributed by atoms with E-state index in [-0.39, 0.29) is 47.1 Å². The first-order valence-electron chi connectivity index (χ1n) is 10.1. The molecule has 1 aliphatic rings. The molecule has 7 heteroatoms. The summed E-state index contributed by atoms with van der Waals surface area (Å²) in [6.07, 6.45) is 1.72. The number of hydrogen-bond donors (Lipinski definition) is 2. The minimum absolute atomic E-state index is 0. The van der Waals surface area contributed by atoms with Gasteiger partial charge in [-0.25, -0.2) is 4.39 Å². The molecule has 0 saturated carbocycles. The van der Waals surface area contributed by atoms with Crippen molar-refractivity contribution in [2.75, 3.05) is 33.4 Å². The minimum Gasteiger partial charge on any atom is -0.486 e. The molecule has 30 heavy (non-hydrogen) atoms. The van der Waals surface area contributed by atoms with Crippen molar-refractivity contribution in [1.29, 1.82) is 0 Å². The maximum absolute atomic E-state index is 13.8. The molecule has 5 nitrogen and oxygen atoms in total. The van der Waals surface area contributed by atoms with Gasteiger partial charge < -0.3 is 20.1 Å². The van der Waals surface area contributed by atoms with Crippen LogP contribution in [-0.4, -0.2) is 45.4 Å². The first kappa shape index (κ1) is 24.4. The van der Waals surface area contributed by atoms with Crippen LogP contribution in [0.5, 0.6) is 5.75 Å². The zero-order chi connectivity index (χ0) is 20.5. The lowest BCUT2D eigenvalue weighted by atomic mass is 9.74. The first-order chi connectivity index (χ1) is 14.1. The Labute approximate surface area is 195 Å². The molecule has 2 aromatic rings. The Balaban J connectivity index is 0.00000320. The molecule has 1 aliphatic heterocycles. The number of benzene rings is 2. The van der Waals surface area contributed by atoms with Gasteiger partial charge in [0.2, 0.25) is 0 Å². The van der Waals surface area contributed by atoms with Crippen LogP contribution in [0.3, 0.4) is 0 Å². The number of guanidine groups is 1. The van der Waals surface area contributed by atoms with Crippen LogP contribution < -0.4 is 15.4 Å². The molecule has 1 unspecified atom stereocenters. The lowest BCUT2D eigenvalue weighted by Gasteiger charge is -2.38. The first-order valence-corrected chi connectivity index (χ1v) is 10.1. The Hall–Kier alpha value is -1.87. The van der Waals surface area contributed by atoms with Gasteiger partial charge in [-0.1, -0.05) is 42.5 Å². The van der Waals surface area contributed by atoms with Crippen molar-refractivity contribution in [3.8, 4) is 5.75 Å². The fourth-order valence-electron chi connectivity index (χ4n) is 3.63. The largest absolute Gasteiger partial charge is 0.486 e. The molecule has 1 atom stereocenters. The molecule has 0 radical (unpaired) electrons. The molecular formula is C23H31FIN3O2. The van der Waals surface area contributed by atoms with E-state index in [0.717, 1.165) is 32.6 Å². The quantitative estimate of drug-likeness (QED) is 0.323. The molecule has 2 N–H and O–H groups in total. The highest BCUT2D eigenvalue weighted by atomic mass is 127. The van der Waals surface area contributed by atoms with Crippen LogP contribution in [0.2, 0.25) is 0 Å². The second kappa shape index (κ2) is 12.1. The molecule has 2 aromatic carbocycles. The van der Waals surface area contributed by atoms with Crippen molar-refractivity contribution in [2.45, 2.75) is 31.3 Å². The van der Waals surface area contributed by atoms with Crippen LogP contribution in [0, 0.1) is 5.82 Å². The number of para-hydroxylation sites is 1. The van der Waals surface area contributed by atoms with Gasteiger partial charge in [0.05, 0.1) is 6.54 Å². The second-order valence-electron chi connectivity index (χ2n) is 7.42. The summed E-state index contributed by atoms with van der Waals surface area (Å²) in [6.45, 7) is 4.70. The van der Waals surface area contributed by atoms with Crippen LogP contribution in [0.15, 0.2) is 59.6 Å². The molecular weight excluding hydrogens is 496 g/mol. The maximum atomic E-state index is 13.8. The third kappa shape index (κ3) is 6.57. The van der Waals surface area contributed by atoms with E-state index in [4.69, 9.17) is 9.47 Å². The van der Waals surface area contributed by atoms with Gasteiger partial charge >= 0.3 is 0 Å². The Bertz CT molecular complexity index is 798. The standard InChI is InChI=1S/C23H30FN3O2.HI/c1-18(29-21-11-7-6-10-20(21)24)16-26-22(25-2)27-17-23(12-14-28-15-13-23)19-8-4-3-5-9-19;/h3-11,18H,12-17H2,1-2H3,(H2,25,26,27);1H. The van der Waals surface area contributed by atoms with Crippen molar-refractivity contribution >= 4 is 29.9 Å². The molecule has 1 heterocycles. The highest BCUT2D eigenvalue weighted by molar-refractivity contribution is 14.0. The number of ether oxygens (including phenoxy) is 2. The average Bonchev–Trinajstić information content (AvgIpc) is 2.77. The minimum atomic E-state index is -0.355. The number of nitrogens with one attached hydrogen (secondary N) is 2. The second-order valence-corrected chi connectivity index (χ2v) is 7.42. The van der Waals surface area contributed by atoms with Crippen molar-refractivity contribution < 1.29 is 13.9 Å². The van der Waals surface area contributed by atoms with Crippen molar-refractivity contribution in [2.24, 2.45) is 4.99 Å². The summed E-state index contributed by atoms with van der Waals surface area (Å²) in [5, 5.41) is 6.74. The summed E-state index contributed by atoms with van der Waals surface area (Å²) in [5.74, 6) is 0.608. The normalized spacial score (nSPS) is 16.8. The van der Waals surface area contributed by atoms with E-state index < -0.39 is 0 Å². The average molecular weight is 527 g/mol. The summed E-state index contributed by atoms with van der Waals surface area (Å²) in [7, 11) is 1.75. The van der Waals surface area contributed by atoms with E-state index in [1.54, 1.807) is 25.2 Å². The fourth-order valence-corrected chi connectivity index (χ4v) is 3.63. The van der Waals surface area contributed by atoms with Gasteiger partial charge in [0.1, 0.15) is 6.10 Å². The third-order valence-electron chi connectivity index (χ3n) is 5.38. The summed E-state index contributed by atoms with van der Waals surface area (Å²) >= 11 is 0. The maximum Gasteiger partial charge on any atom is 0.191 e. The van der Waals surface area contributed by atoms with Crippen molar-refractivity contribution in [3.63, 3.8) is 0 Å². The van der Waals surface area contributed by atoms with Gasteiger partial charge in [-0.2, -0.15) is 0 Å². The predicted octanol–water partition coefficient (Wildman–Crippen LogP) is 4.12. The Morgan fingerprint density at radius 3 is 2.43 bits per heavy atom. The van der Waals surface area contributed by atoms with Crippen LogP contribution in [0.25, 0.3) is 0 Å². The monoisotopic (exact) mass is 527 g/mol. The van der Waals surface area contributed by atoms with Crippen molar-refractivity contribution in [3.05, 3.63) is 66.0 Å². The summed E-state index contributed by atoms with van der Waals surface area (Å²) < 4.78 is 25.0. The SMILES string of the molecule is CN=C(NCC(C)Oc1ccccc1F)NCC1(c2ccccc2)CCOCC1.I. The number of halogens is 2.